The molecule has 20 heavy (non-hydrogen) atoms. The lowest BCUT2D eigenvalue weighted by Crippen LogP contribution is -2.37. The monoisotopic (exact) mass is 293 g/mol. The second-order valence-corrected chi connectivity index (χ2v) is 6.83. The molecular formula is C16H23NO2S. The van der Waals surface area contributed by atoms with Crippen molar-refractivity contribution in [2.75, 3.05) is 20.2 Å². The number of nitrogens with zero attached hydrogens (tertiary/aromatic N) is 1. The van der Waals surface area contributed by atoms with Gasteiger partial charge >= 0.3 is 0 Å². The highest BCUT2D eigenvalue weighted by Crippen LogP contribution is 2.30. The molecule has 0 spiro atoms. The van der Waals surface area contributed by atoms with Gasteiger partial charge in [0.1, 0.15) is 0 Å². The molecule has 3 rings (SSSR count). The summed E-state index contributed by atoms with van der Waals surface area (Å²) in [6, 6.07) is 0. The van der Waals surface area contributed by atoms with E-state index in [-0.39, 0.29) is 12.0 Å². The van der Waals surface area contributed by atoms with Gasteiger partial charge in [0.05, 0.1) is 11.0 Å². The first-order chi connectivity index (χ1) is 9.75. The summed E-state index contributed by atoms with van der Waals surface area (Å²) in [5.74, 6) is 0.187. The zero-order valence-corrected chi connectivity index (χ0v) is 13.0. The fourth-order valence-corrected chi connectivity index (χ4v) is 4.36. The number of hydrogen-bond acceptors (Lipinski definition) is 3. The third kappa shape index (κ3) is 2.91. The average molecular weight is 293 g/mol. The van der Waals surface area contributed by atoms with E-state index in [0.29, 0.717) is 0 Å². The molecule has 1 aliphatic heterocycles. The van der Waals surface area contributed by atoms with Crippen LogP contribution in [0, 0.1) is 0 Å². The van der Waals surface area contributed by atoms with E-state index in [2.05, 4.69) is 5.38 Å². The first-order valence-corrected chi connectivity index (χ1v) is 8.60. The first kappa shape index (κ1) is 14.1. The van der Waals surface area contributed by atoms with Crippen LogP contribution in [0.3, 0.4) is 0 Å². The molecule has 1 atom stereocenters. The molecule has 0 aromatic carbocycles. The second kappa shape index (κ2) is 6.27. The van der Waals surface area contributed by atoms with E-state index in [0.717, 1.165) is 43.7 Å². The maximum atomic E-state index is 12.6. The topological polar surface area (TPSA) is 29.5 Å². The van der Waals surface area contributed by atoms with Gasteiger partial charge in [0.15, 0.2) is 0 Å². The summed E-state index contributed by atoms with van der Waals surface area (Å²) in [5.41, 5.74) is 2.73. The highest BCUT2D eigenvalue weighted by molar-refractivity contribution is 7.12. The molecule has 0 N–H and O–H groups in total. The summed E-state index contributed by atoms with van der Waals surface area (Å²) >= 11 is 1.63. The molecule has 0 radical (unpaired) electrons. The number of fused-ring (bicyclic) bond motifs is 1. The minimum Gasteiger partial charge on any atom is -0.376 e. The number of ether oxygens (including phenoxy) is 1. The van der Waals surface area contributed by atoms with Crippen molar-refractivity contribution in [1.82, 2.24) is 4.90 Å². The van der Waals surface area contributed by atoms with Gasteiger partial charge in [0, 0.05) is 20.2 Å². The van der Waals surface area contributed by atoms with Crippen molar-refractivity contribution in [1.29, 1.82) is 0 Å². The Kier molecular flexibility index (Phi) is 4.41. The molecule has 0 bridgehead atoms. The molecule has 3 nitrogen and oxygen atoms in total. The van der Waals surface area contributed by atoms with Gasteiger partial charge < -0.3 is 9.64 Å². The third-order valence-corrected chi connectivity index (χ3v) is 5.46. The van der Waals surface area contributed by atoms with Crippen LogP contribution in [0.25, 0.3) is 0 Å². The van der Waals surface area contributed by atoms with Gasteiger partial charge in [-0.1, -0.05) is 0 Å². The summed E-state index contributed by atoms with van der Waals surface area (Å²) in [7, 11) is 1.91. The molecule has 1 aromatic rings. The van der Waals surface area contributed by atoms with Crippen LogP contribution in [0.2, 0.25) is 0 Å². The summed E-state index contributed by atoms with van der Waals surface area (Å²) in [5, 5.41) is 2.19. The Bertz CT molecular complexity index is 477. The van der Waals surface area contributed by atoms with Crippen LogP contribution in [0.1, 0.15) is 52.9 Å². The molecule has 2 heterocycles. The van der Waals surface area contributed by atoms with Gasteiger partial charge in [0.2, 0.25) is 0 Å². The van der Waals surface area contributed by atoms with Gasteiger partial charge in [0.25, 0.3) is 5.91 Å². The largest absolute Gasteiger partial charge is 0.376 e. The number of thiophene rings is 1. The van der Waals surface area contributed by atoms with Gasteiger partial charge in [-0.15, -0.1) is 11.3 Å². The molecule has 1 fully saturated rings. The predicted octanol–water partition coefficient (Wildman–Crippen LogP) is 3.27. The Morgan fingerprint density at radius 3 is 3.00 bits per heavy atom. The first-order valence-electron chi connectivity index (χ1n) is 7.72. The van der Waals surface area contributed by atoms with Gasteiger partial charge in [-0.25, -0.2) is 0 Å². The van der Waals surface area contributed by atoms with Crippen LogP contribution in [-0.4, -0.2) is 37.1 Å². The molecule has 2 aliphatic rings. The smallest absolute Gasteiger partial charge is 0.264 e. The number of aryl methyl sites for hydroxylation is 1. The summed E-state index contributed by atoms with van der Waals surface area (Å²) in [6.07, 6.45) is 8.41. The molecule has 1 aliphatic carbocycles. The van der Waals surface area contributed by atoms with E-state index in [1.807, 2.05) is 11.9 Å². The molecule has 1 amide bonds. The van der Waals surface area contributed by atoms with Crippen LogP contribution in [-0.2, 0) is 17.6 Å². The fourth-order valence-electron chi connectivity index (χ4n) is 3.21. The summed E-state index contributed by atoms with van der Waals surface area (Å²) in [4.78, 5) is 15.5. The number of hydrogen-bond donors (Lipinski definition) is 0. The SMILES string of the molecule is CN(C[C@H]1CCCCO1)C(=O)c1scc2c1CCCC2. The number of carbonyl (C=O) groups excluding carboxylic acids is 1. The van der Waals surface area contributed by atoms with E-state index in [9.17, 15) is 4.79 Å². The van der Waals surface area contributed by atoms with Crippen LogP contribution in [0.4, 0.5) is 0 Å². The Balaban J connectivity index is 1.66. The quantitative estimate of drug-likeness (QED) is 0.856. The van der Waals surface area contributed by atoms with E-state index < -0.39 is 0 Å². The number of likely N-dealkylation sites (N-methyl/N-ethyl adjacent to an activating group) is 1. The molecule has 110 valence electrons. The minimum absolute atomic E-state index is 0.187. The van der Waals surface area contributed by atoms with Crippen LogP contribution >= 0.6 is 11.3 Å². The number of carbonyl (C=O) groups is 1. The Labute approximate surface area is 124 Å². The minimum atomic E-state index is 0.187. The normalized spacial score (nSPS) is 22.4. The van der Waals surface area contributed by atoms with Crippen molar-refractivity contribution in [3.63, 3.8) is 0 Å². The third-order valence-electron chi connectivity index (χ3n) is 4.40. The number of amides is 1. The van der Waals surface area contributed by atoms with Gasteiger partial charge in [-0.05, 0) is 61.5 Å². The van der Waals surface area contributed by atoms with Crippen molar-refractivity contribution < 1.29 is 9.53 Å². The van der Waals surface area contributed by atoms with E-state index >= 15 is 0 Å². The Morgan fingerprint density at radius 2 is 2.20 bits per heavy atom. The van der Waals surface area contributed by atoms with Gasteiger partial charge in [-0.3, -0.25) is 4.79 Å². The fraction of sp³-hybridized carbons (Fsp3) is 0.688. The zero-order valence-electron chi connectivity index (χ0n) is 12.2. The van der Waals surface area contributed by atoms with Crippen LogP contribution in [0.5, 0.6) is 0 Å². The van der Waals surface area contributed by atoms with E-state index in [1.165, 1.54) is 30.4 Å². The predicted molar refractivity (Wildman–Crippen MR) is 81.5 cm³/mol. The summed E-state index contributed by atoms with van der Waals surface area (Å²) < 4.78 is 5.74. The van der Waals surface area contributed by atoms with Crippen molar-refractivity contribution in [3.8, 4) is 0 Å². The van der Waals surface area contributed by atoms with Crippen molar-refractivity contribution >= 4 is 17.2 Å². The second-order valence-electron chi connectivity index (χ2n) is 5.95. The van der Waals surface area contributed by atoms with Crippen molar-refractivity contribution in [2.24, 2.45) is 0 Å². The molecule has 0 unspecified atom stereocenters. The standard InChI is InChI=1S/C16H23NO2S/c1-17(10-13-7-4-5-9-19-13)16(18)15-14-8-3-2-6-12(14)11-20-15/h11,13H,2-10H2,1H3/t13-/m1/s1. The van der Waals surface area contributed by atoms with Gasteiger partial charge in [-0.2, -0.15) is 0 Å². The van der Waals surface area contributed by atoms with E-state index in [1.54, 1.807) is 11.3 Å². The lowest BCUT2D eigenvalue weighted by atomic mass is 9.93. The summed E-state index contributed by atoms with van der Waals surface area (Å²) in [6.45, 7) is 1.58. The van der Waals surface area contributed by atoms with Crippen molar-refractivity contribution in [3.05, 3.63) is 21.4 Å². The molecule has 1 aromatic heterocycles. The maximum absolute atomic E-state index is 12.6. The maximum Gasteiger partial charge on any atom is 0.264 e. The lowest BCUT2D eigenvalue weighted by Gasteiger charge is -2.27. The van der Waals surface area contributed by atoms with Crippen molar-refractivity contribution in [2.45, 2.75) is 51.0 Å². The zero-order chi connectivity index (χ0) is 13.9. The van der Waals surface area contributed by atoms with E-state index in [4.69, 9.17) is 4.74 Å². The molecule has 1 saturated heterocycles. The highest BCUT2D eigenvalue weighted by atomic mass is 32.1. The molecule has 4 heteroatoms. The van der Waals surface area contributed by atoms with Crippen LogP contribution < -0.4 is 0 Å². The molecular weight excluding hydrogens is 270 g/mol. The average Bonchev–Trinajstić information content (AvgIpc) is 2.91. The Morgan fingerprint density at radius 1 is 1.35 bits per heavy atom. The Hall–Kier alpha value is -0.870. The highest BCUT2D eigenvalue weighted by Gasteiger charge is 2.24. The lowest BCUT2D eigenvalue weighted by molar-refractivity contribution is -0.000122. The van der Waals surface area contributed by atoms with Crippen LogP contribution in [0.15, 0.2) is 5.38 Å². The molecule has 0 saturated carbocycles. The number of rotatable bonds is 3.